The second-order valence-electron chi connectivity index (χ2n) is 6.11. The van der Waals surface area contributed by atoms with Crippen LogP contribution in [-0.4, -0.2) is 40.1 Å². The molecule has 3 N–H and O–H groups in total. The van der Waals surface area contributed by atoms with Crippen molar-refractivity contribution in [3.63, 3.8) is 0 Å². The van der Waals surface area contributed by atoms with E-state index in [-0.39, 0.29) is 23.5 Å². The number of halogens is 2. The van der Waals surface area contributed by atoms with Crippen molar-refractivity contribution in [2.45, 2.75) is 6.54 Å². The molecule has 28 heavy (non-hydrogen) atoms. The van der Waals surface area contributed by atoms with E-state index in [9.17, 15) is 8.78 Å². The van der Waals surface area contributed by atoms with Crippen LogP contribution in [0.5, 0.6) is 5.75 Å². The van der Waals surface area contributed by atoms with Gasteiger partial charge in [0.15, 0.2) is 0 Å². The number of benzene rings is 2. The lowest BCUT2D eigenvalue weighted by atomic mass is 10.3. The van der Waals surface area contributed by atoms with Crippen LogP contribution >= 0.6 is 0 Å². The Balaban J connectivity index is 1.54. The standard InChI is InChI=1S/C19H20F2N6O/c1-27(10-11-28-16-8-4-14(21)5-9-16)12-17-24-18(22)26-19(25-17)23-15-6-2-13(20)3-7-15/h2-9H,10-12H2,1H3,(H3,22,23,24,25,26). The largest absolute Gasteiger partial charge is 0.492 e. The highest BCUT2D eigenvalue weighted by Gasteiger charge is 2.08. The Morgan fingerprint density at radius 1 is 0.964 bits per heavy atom. The number of hydrogen-bond donors (Lipinski definition) is 2. The molecule has 0 aliphatic carbocycles. The highest BCUT2D eigenvalue weighted by Crippen LogP contribution is 2.15. The van der Waals surface area contributed by atoms with Crippen molar-refractivity contribution in [3.05, 3.63) is 66.0 Å². The van der Waals surface area contributed by atoms with Crippen molar-refractivity contribution < 1.29 is 13.5 Å². The molecule has 0 unspecified atom stereocenters. The predicted molar refractivity (Wildman–Crippen MR) is 102 cm³/mol. The van der Waals surface area contributed by atoms with E-state index in [0.29, 0.717) is 37.0 Å². The zero-order chi connectivity index (χ0) is 19.9. The number of hydrogen-bond acceptors (Lipinski definition) is 7. The summed E-state index contributed by atoms with van der Waals surface area (Å²) in [5.41, 5.74) is 6.40. The minimum Gasteiger partial charge on any atom is -0.492 e. The number of aromatic nitrogens is 3. The van der Waals surface area contributed by atoms with Crippen LogP contribution in [0, 0.1) is 11.6 Å². The van der Waals surface area contributed by atoms with Gasteiger partial charge in [-0.25, -0.2) is 8.78 Å². The number of ether oxygens (including phenoxy) is 1. The van der Waals surface area contributed by atoms with E-state index in [1.807, 2.05) is 11.9 Å². The third-order valence-corrected chi connectivity index (χ3v) is 3.77. The van der Waals surface area contributed by atoms with Gasteiger partial charge in [-0.2, -0.15) is 15.0 Å². The number of likely N-dealkylation sites (N-methyl/N-ethyl adjacent to an activating group) is 1. The Morgan fingerprint density at radius 2 is 1.61 bits per heavy atom. The van der Waals surface area contributed by atoms with Gasteiger partial charge in [-0.05, 0) is 55.6 Å². The van der Waals surface area contributed by atoms with E-state index >= 15 is 0 Å². The van der Waals surface area contributed by atoms with E-state index in [4.69, 9.17) is 10.5 Å². The maximum absolute atomic E-state index is 13.0. The quantitative estimate of drug-likeness (QED) is 0.615. The molecule has 0 fully saturated rings. The molecule has 146 valence electrons. The minimum absolute atomic E-state index is 0.0885. The number of nitrogen functional groups attached to an aromatic ring is 1. The van der Waals surface area contributed by atoms with Gasteiger partial charge in [0.1, 0.15) is 29.8 Å². The fourth-order valence-corrected chi connectivity index (χ4v) is 2.40. The van der Waals surface area contributed by atoms with Crippen molar-refractivity contribution in [3.8, 4) is 5.75 Å². The van der Waals surface area contributed by atoms with Crippen molar-refractivity contribution in [2.24, 2.45) is 0 Å². The average molecular weight is 386 g/mol. The molecule has 0 aliphatic rings. The predicted octanol–water partition coefficient (Wildman–Crippen LogP) is 2.99. The van der Waals surface area contributed by atoms with Crippen LogP contribution in [0.15, 0.2) is 48.5 Å². The van der Waals surface area contributed by atoms with E-state index in [1.54, 1.807) is 24.3 Å². The molecule has 0 radical (unpaired) electrons. The molecule has 1 heterocycles. The first kappa shape index (κ1) is 19.4. The molecule has 0 spiro atoms. The minimum atomic E-state index is -0.328. The zero-order valence-corrected chi connectivity index (χ0v) is 15.3. The van der Waals surface area contributed by atoms with E-state index in [1.165, 1.54) is 24.3 Å². The van der Waals surface area contributed by atoms with Crippen LogP contribution < -0.4 is 15.8 Å². The second-order valence-corrected chi connectivity index (χ2v) is 6.11. The second kappa shape index (κ2) is 9.05. The van der Waals surface area contributed by atoms with Gasteiger partial charge >= 0.3 is 0 Å². The Bertz CT molecular complexity index is 905. The summed E-state index contributed by atoms with van der Waals surface area (Å²) in [6.07, 6.45) is 0. The molecular weight excluding hydrogens is 366 g/mol. The Labute approximate surface area is 161 Å². The molecular formula is C19H20F2N6O. The average Bonchev–Trinajstić information content (AvgIpc) is 2.65. The Kier molecular flexibility index (Phi) is 6.28. The highest BCUT2D eigenvalue weighted by atomic mass is 19.1. The number of nitrogens with two attached hydrogens (primary N) is 1. The van der Waals surface area contributed by atoms with Crippen LogP contribution in [0.3, 0.4) is 0 Å². The van der Waals surface area contributed by atoms with Crippen molar-refractivity contribution in [1.82, 2.24) is 19.9 Å². The maximum atomic E-state index is 13.0. The van der Waals surface area contributed by atoms with Gasteiger partial charge in [-0.1, -0.05) is 0 Å². The van der Waals surface area contributed by atoms with Crippen LogP contribution in [0.2, 0.25) is 0 Å². The van der Waals surface area contributed by atoms with Crippen molar-refractivity contribution >= 4 is 17.6 Å². The van der Waals surface area contributed by atoms with E-state index in [0.717, 1.165) is 0 Å². The van der Waals surface area contributed by atoms with Gasteiger partial charge in [0.2, 0.25) is 11.9 Å². The van der Waals surface area contributed by atoms with Gasteiger partial charge in [-0.3, -0.25) is 4.90 Å². The van der Waals surface area contributed by atoms with Gasteiger partial charge in [0.25, 0.3) is 0 Å². The van der Waals surface area contributed by atoms with Crippen molar-refractivity contribution in [1.29, 1.82) is 0 Å². The zero-order valence-electron chi connectivity index (χ0n) is 15.3. The van der Waals surface area contributed by atoms with Gasteiger partial charge in [-0.15, -0.1) is 0 Å². The SMILES string of the molecule is CN(CCOc1ccc(F)cc1)Cc1nc(N)nc(Nc2ccc(F)cc2)n1. The molecule has 0 saturated heterocycles. The third kappa shape index (κ3) is 5.85. The maximum Gasteiger partial charge on any atom is 0.232 e. The summed E-state index contributed by atoms with van der Waals surface area (Å²) in [6.45, 7) is 1.45. The van der Waals surface area contributed by atoms with Gasteiger partial charge in [0.05, 0.1) is 6.54 Å². The number of nitrogens with zero attached hydrogens (tertiary/aromatic N) is 4. The number of rotatable bonds is 8. The first-order valence-corrected chi connectivity index (χ1v) is 8.58. The molecule has 3 rings (SSSR count). The smallest absolute Gasteiger partial charge is 0.232 e. The molecule has 2 aromatic carbocycles. The summed E-state index contributed by atoms with van der Waals surface area (Å²) in [4.78, 5) is 14.5. The summed E-state index contributed by atoms with van der Waals surface area (Å²) in [5.74, 6) is 0.829. The first-order chi connectivity index (χ1) is 13.5. The first-order valence-electron chi connectivity index (χ1n) is 8.58. The summed E-state index contributed by atoms with van der Waals surface area (Å²) in [7, 11) is 1.89. The molecule has 0 aliphatic heterocycles. The number of nitrogens with one attached hydrogen (secondary N) is 1. The summed E-state index contributed by atoms with van der Waals surface area (Å²) in [6, 6.07) is 11.7. The monoisotopic (exact) mass is 386 g/mol. The van der Waals surface area contributed by atoms with Crippen LogP contribution in [-0.2, 0) is 6.54 Å². The Hall–Kier alpha value is -3.33. The topological polar surface area (TPSA) is 89.2 Å². The molecule has 9 heteroatoms. The lowest BCUT2D eigenvalue weighted by molar-refractivity contribution is 0.229. The fraction of sp³-hybridized carbons (Fsp3) is 0.211. The summed E-state index contributed by atoms with van der Waals surface area (Å²) in [5, 5.41) is 2.97. The molecule has 0 saturated carbocycles. The fourth-order valence-electron chi connectivity index (χ4n) is 2.40. The lowest BCUT2D eigenvalue weighted by Gasteiger charge is -2.16. The summed E-state index contributed by atoms with van der Waals surface area (Å²) >= 11 is 0. The Morgan fingerprint density at radius 3 is 2.29 bits per heavy atom. The molecule has 1 aromatic heterocycles. The van der Waals surface area contributed by atoms with Crippen LogP contribution in [0.25, 0.3) is 0 Å². The highest BCUT2D eigenvalue weighted by molar-refractivity contribution is 5.53. The molecule has 3 aromatic rings. The van der Waals surface area contributed by atoms with Gasteiger partial charge < -0.3 is 15.8 Å². The van der Waals surface area contributed by atoms with E-state index < -0.39 is 0 Å². The molecule has 0 atom stereocenters. The number of anilines is 3. The lowest BCUT2D eigenvalue weighted by Crippen LogP contribution is -2.25. The third-order valence-electron chi connectivity index (χ3n) is 3.77. The molecule has 0 bridgehead atoms. The van der Waals surface area contributed by atoms with Crippen LogP contribution in [0.1, 0.15) is 5.82 Å². The molecule has 7 nitrogen and oxygen atoms in total. The van der Waals surface area contributed by atoms with Gasteiger partial charge in [0, 0.05) is 12.2 Å². The van der Waals surface area contributed by atoms with E-state index in [2.05, 4.69) is 20.3 Å². The normalized spacial score (nSPS) is 10.9. The van der Waals surface area contributed by atoms with Crippen LogP contribution in [0.4, 0.5) is 26.4 Å². The summed E-state index contributed by atoms with van der Waals surface area (Å²) < 4.78 is 31.5. The van der Waals surface area contributed by atoms with Crippen molar-refractivity contribution in [2.75, 3.05) is 31.2 Å². The molecule has 0 amide bonds.